The van der Waals surface area contributed by atoms with E-state index in [1.54, 1.807) is 7.11 Å². The summed E-state index contributed by atoms with van der Waals surface area (Å²) in [5.41, 5.74) is 0. The molecular formula is C14H28N2O2. The van der Waals surface area contributed by atoms with Gasteiger partial charge in [-0.05, 0) is 31.2 Å². The van der Waals surface area contributed by atoms with Crippen molar-refractivity contribution in [2.75, 3.05) is 33.4 Å². The molecule has 4 nitrogen and oxygen atoms in total. The van der Waals surface area contributed by atoms with Crippen LogP contribution in [0.3, 0.4) is 0 Å². The zero-order valence-corrected chi connectivity index (χ0v) is 11.8. The molecule has 4 heteroatoms. The molecule has 0 radical (unpaired) electrons. The molecule has 1 aliphatic carbocycles. The molecule has 1 fully saturated rings. The fraction of sp³-hybridized carbons (Fsp3) is 0.929. The maximum atomic E-state index is 11.4. The number of carbonyl (C=O) groups excluding carboxylic acids is 1. The van der Waals surface area contributed by atoms with Crippen LogP contribution in [0.1, 0.15) is 39.0 Å². The van der Waals surface area contributed by atoms with Crippen molar-refractivity contribution < 1.29 is 9.53 Å². The van der Waals surface area contributed by atoms with Crippen LogP contribution in [0.2, 0.25) is 0 Å². The van der Waals surface area contributed by atoms with Gasteiger partial charge in [0.05, 0.1) is 6.61 Å². The van der Waals surface area contributed by atoms with Gasteiger partial charge in [0.2, 0.25) is 5.91 Å². The Morgan fingerprint density at radius 3 is 2.89 bits per heavy atom. The molecule has 2 atom stereocenters. The van der Waals surface area contributed by atoms with Crippen LogP contribution in [0.25, 0.3) is 0 Å². The number of ether oxygens (including phenoxy) is 1. The zero-order valence-electron chi connectivity index (χ0n) is 11.8. The first-order valence-corrected chi connectivity index (χ1v) is 7.18. The van der Waals surface area contributed by atoms with Gasteiger partial charge < -0.3 is 15.4 Å². The molecule has 0 spiro atoms. The van der Waals surface area contributed by atoms with Crippen LogP contribution in [0, 0.1) is 11.8 Å². The molecule has 2 unspecified atom stereocenters. The third-order valence-corrected chi connectivity index (χ3v) is 3.64. The highest BCUT2D eigenvalue weighted by atomic mass is 16.5. The summed E-state index contributed by atoms with van der Waals surface area (Å²) in [6.45, 7) is 5.38. The number of rotatable bonds is 8. The Hall–Kier alpha value is -0.610. The zero-order chi connectivity index (χ0) is 13.2. The van der Waals surface area contributed by atoms with E-state index in [2.05, 4.69) is 17.6 Å². The van der Waals surface area contributed by atoms with Gasteiger partial charge in [-0.3, -0.25) is 4.79 Å². The molecular weight excluding hydrogens is 228 g/mol. The van der Waals surface area contributed by atoms with E-state index >= 15 is 0 Å². The molecule has 106 valence electrons. The van der Waals surface area contributed by atoms with E-state index in [0.29, 0.717) is 19.6 Å². The van der Waals surface area contributed by atoms with Crippen molar-refractivity contribution in [2.24, 2.45) is 11.8 Å². The average molecular weight is 256 g/mol. The van der Waals surface area contributed by atoms with Gasteiger partial charge in [-0.15, -0.1) is 0 Å². The summed E-state index contributed by atoms with van der Waals surface area (Å²) in [5.74, 6) is 1.80. The summed E-state index contributed by atoms with van der Waals surface area (Å²) < 4.78 is 4.88. The Morgan fingerprint density at radius 2 is 2.17 bits per heavy atom. The van der Waals surface area contributed by atoms with Gasteiger partial charge in [0, 0.05) is 26.6 Å². The van der Waals surface area contributed by atoms with Crippen molar-refractivity contribution in [3.05, 3.63) is 0 Å². The minimum absolute atomic E-state index is 0.108. The lowest BCUT2D eigenvalue weighted by molar-refractivity contribution is -0.121. The van der Waals surface area contributed by atoms with Gasteiger partial charge in [0.1, 0.15) is 0 Å². The van der Waals surface area contributed by atoms with Crippen molar-refractivity contribution in [3.8, 4) is 0 Å². The standard InChI is InChI=1S/C14H28N2O2/c1-12-4-3-5-13(10-12)11-15-7-6-14(17)16-8-9-18-2/h12-13,15H,3-11H2,1-2H3,(H,16,17). The number of hydrogen-bond acceptors (Lipinski definition) is 3. The maximum Gasteiger partial charge on any atom is 0.221 e. The molecule has 1 aliphatic rings. The summed E-state index contributed by atoms with van der Waals surface area (Å²) in [6.07, 6.45) is 6.00. The Morgan fingerprint density at radius 1 is 1.33 bits per heavy atom. The molecule has 0 aromatic rings. The normalized spacial score (nSPS) is 23.9. The molecule has 1 saturated carbocycles. The van der Waals surface area contributed by atoms with Gasteiger partial charge in [-0.2, -0.15) is 0 Å². The predicted octanol–water partition coefficient (Wildman–Crippen LogP) is 1.55. The average Bonchev–Trinajstić information content (AvgIpc) is 2.35. The van der Waals surface area contributed by atoms with Gasteiger partial charge in [0.15, 0.2) is 0 Å². The quantitative estimate of drug-likeness (QED) is 0.648. The lowest BCUT2D eigenvalue weighted by Crippen LogP contribution is -2.32. The minimum Gasteiger partial charge on any atom is -0.383 e. The lowest BCUT2D eigenvalue weighted by atomic mass is 9.82. The first-order valence-electron chi connectivity index (χ1n) is 7.18. The van der Waals surface area contributed by atoms with Gasteiger partial charge in [-0.25, -0.2) is 0 Å². The molecule has 0 aromatic carbocycles. The van der Waals surface area contributed by atoms with Crippen molar-refractivity contribution in [2.45, 2.75) is 39.0 Å². The molecule has 0 bridgehead atoms. The predicted molar refractivity (Wildman–Crippen MR) is 73.5 cm³/mol. The summed E-state index contributed by atoms with van der Waals surface area (Å²) >= 11 is 0. The second-order valence-electron chi connectivity index (χ2n) is 5.43. The molecule has 0 aromatic heterocycles. The SMILES string of the molecule is COCCNC(=O)CCNCC1CCCC(C)C1. The number of amides is 1. The number of carbonyl (C=O) groups is 1. The smallest absolute Gasteiger partial charge is 0.221 e. The van der Waals surface area contributed by atoms with E-state index in [1.807, 2.05) is 0 Å². The summed E-state index contributed by atoms with van der Waals surface area (Å²) in [7, 11) is 1.64. The topological polar surface area (TPSA) is 50.4 Å². The van der Waals surface area contributed by atoms with E-state index in [1.165, 1.54) is 25.7 Å². The summed E-state index contributed by atoms with van der Waals surface area (Å²) in [5, 5.41) is 6.23. The minimum atomic E-state index is 0.108. The Kier molecular flexibility index (Phi) is 8.01. The number of methoxy groups -OCH3 is 1. The van der Waals surface area contributed by atoms with Crippen LogP contribution in [0.5, 0.6) is 0 Å². The largest absolute Gasteiger partial charge is 0.383 e. The first-order chi connectivity index (χ1) is 8.72. The Balaban J connectivity index is 1.95. The van der Waals surface area contributed by atoms with Crippen LogP contribution in [0.15, 0.2) is 0 Å². The second kappa shape index (κ2) is 9.34. The van der Waals surface area contributed by atoms with Crippen LogP contribution >= 0.6 is 0 Å². The van der Waals surface area contributed by atoms with E-state index in [9.17, 15) is 4.79 Å². The summed E-state index contributed by atoms with van der Waals surface area (Å²) in [4.78, 5) is 11.4. The van der Waals surface area contributed by atoms with E-state index in [-0.39, 0.29) is 5.91 Å². The maximum absolute atomic E-state index is 11.4. The van der Waals surface area contributed by atoms with Crippen molar-refractivity contribution in [3.63, 3.8) is 0 Å². The highest BCUT2D eigenvalue weighted by Crippen LogP contribution is 2.27. The fourth-order valence-corrected chi connectivity index (χ4v) is 2.63. The van der Waals surface area contributed by atoms with Gasteiger partial charge >= 0.3 is 0 Å². The van der Waals surface area contributed by atoms with Crippen LogP contribution < -0.4 is 10.6 Å². The number of nitrogens with one attached hydrogen (secondary N) is 2. The van der Waals surface area contributed by atoms with Gasteiger partial charge in [-0.1, -0.05) is 19.8 Å². The molecule has 0 heterocycles. The van der Waals surface area contributed by atoms with Crippen LogP contribution in [-0.2, 0) is 9.53 Å². The number of hydrogen-bond donors (Lipinski definition) is 2. The van der Waals surface area contributed by atoms with Crippen LogP contribution in [-0.4, -0.2) is 39.3 Å². The summed E-state index contributed by atoms with van der Waals surface area (Å²) in [6, 6.07) is 0. The molecule has 2 N–H and O–H groups in total. The Bertz CT molecular complexity index is 234. The van der Waals surface area contributed by atoms with Crippen molar-refractivity contribution in [1.29, 1.82) is 0 Å². The molecule has 1 rings (SSSR count). The van der Waals surface area contributed by atoms with Gasteiger partial charge in [0.25, 0.3) is 0 Å². The molecule has 0 saturated heterocycles. The highest BCUT2D eigenvalue weighted by Gasteiger charge is 2.18. The monoisotopic (exact) mass is 256 g/mol. The van der Waals surface area contributed by atoms with Crippen molar-refractivity contribution in [1.82, 2.24) is 10.6 Å². The molecule has 1 amide bonds. The third-order valence-electron chi connectivity index (χ3n) is 3.64. The van der Waals surface area contributed by atoms with Crippen LogP contribution in [0.4, 0.5) is 0 Å². The highest BCUT2D eigenvalue weighted by molar-refractivity contribution is 5.75. The lowest BCUT2D eigenvalue weighted by Gasteiger charge is -2.26. The second-order valence-corrected chi connectivity index (χ2v) is 5.43. The fourth-order valence-electron chi connectivity index (χ4n) is 2.63. The molecule has 18 heavy (non-hydrogen) atoms. The van der Waals surface area contributed by atoms with E-state index in [4.69, 9.17) is 4.74 Å². The van der Waals surface area contributed by atoms with E-state index in [0.717, 1.165) is 24.9 Å². The van der Waals surface area contributed by atoms with Crippen molar-refractivity contribution >= 4 is 5.91 Å². The van der Waals surface area contributed by atoms with E-state index < -0.39 is 0 Å². The Labute approximate surface area is 111 Å². The first kappa shape index (κ1) is 15.4. The molecule has 0 aliphatic heterocycles. The third kappa shape index (κ3) is 6.97.